The molecule has 9 nitrogen and oxygen atoms in total. The molecule has 1 aliphatic rings. The van der Waals surface area contributed by atoms with Crippen molar-refractivity contribution in [3.63, 3.8) is 0 Å². The minimum absolute atomic E-state index is 0.0704. The Labute approximate surface area is 333 Å². The molecule has 1 aliphatic heterocycles. The maximum absolute atomic E-state index is 14.1. The van der Waals surface area contributed by atoms with Crippen LogP contribution in [0.15, 0.2) is 149 Å². The maximum atomic E-state index is 14.1. The second kappa shape index (κ2) is 18.6. The molecular weight excluding hydrogens is 869 g/mol. The first kappa shape index (κ1) is 39.2. The van der Waals surface area contributed by atoms with Gasteiger partial charge in [0.1, 0.15) is 17.9 Å². The number of carbonyl (C=O) groups excluding carboxylic acids is 3. The van der Waals surface area contributed by atoms with Crippen LogP contribution in [-0.2, 0) is 21.0 Å². The summed E-state index contributed by atoms with van der Waals surface area (Å²) >= 11 is 6.65. The van der Waals surface area contributed by atoms with Crippen molar-refractivity contribution >= 4 is 85.2 Å². The first-order valence-electron chi connectivity index (χ1n) is 16.2. The average Bonchev–Trinajstić information content (AvgIpc) is 3.16. The summed E-state index contributed by atoms with van der Waals surface area (Å²) in [4.78, 5) is 57.8. The van der Waals surface area contributed by atoms with E-state index in [9.17, 15) is 19.2 Å². The lowest BCUT2D eigenvalue weighted by molar-refractivity contribution is -0.126. The van der Waals surface area contributed by atoms with Crippen LogP contribution in [0.25, 0.3) is 6.08 Å². The van der Waals surface area contributed by atoms with E-state index < -0.39 is 23.8 Å². The predicted molar refractivity (Wildman–Crippen MR) is 220 cm³/mol. The standard InChI is InChI=1S/C41H33BrIN3O6S/c1-3-5-16-31(4-2)46-39(49)32(21-27-22-33(42)37(34(43)23-27)52-24-26-17-19-30(20-18-26)40(50)51)38(48)45-41(46)53-25-35(47)44-36(28-12-8-6-9-13-28)29-14-10-7-11-15-29/h3-23,36H,1,24-25H2,2H3,(H,44,47)(H,50,51)/b16-5-,31-4+,32-21+. The average molecular weight is 903 g/mol. The van der Waals surface area contributed by atoms with Gasteiger partial charge < -0.3 is 15.2 Å². The Kier molecular flexibility index (Phi) is 13.8. The largest absolute Gasteiger partial charge is 0.487 e. The molecule has 1 heterocycles. The van der Waals surface area contributed by atoms with Crippen LogP contribution in [-0.4, -0.2) is 44.6 Å². The van der Waals surface area contributed by atoms with Crippen molar-refractivity contribution in [2.45, 2.75) is 19.6 Å². The zero-order valence-electron chi connectivity index (χ0n) is 28.4. The van der Waals surface area contributed by atoms with Crippen LogP contribution in [0.3, 0.4) is 0 Å². The van der Waals surface area contributed by atoms with Gasteiger partial charge in [-0.3, -0.25) is 19.3 Å². The van der Waals surface area contributed by atoms with E-state index in [-0.39, 0.29) is 34.6 Å². The number of amidine groups is 1. The summed E-state index contributed by atoms with van der Waals surface area (Å²) < 4.78 is 7.32. The van der Waals surface area contributed by atoms with Crippen LogP contribution in [0.2, 0.25) is 0 Å². The molecule has 12 heteroatoms. The van der Waals surface area contributed by atoms with Crippen molar-refractivity contribution in [3.05, 3.63) is 175 Å². The fraction of sp³-hybridized carbons (Fsp3) is 0.0976. The summed E-state index contributed by atoms with van der Waals surface area (Å²) in [6.07, 6.45) is 8.10. The van der Waals surface area contributed by atoms with E-state index in [4.69, 9.17) is 9.84 Å². The van der Waals surface area contributed by atoms with E-state index in [0.717, 1.165) is 28.5 Å². The molecule has 3 amide bonds. The number of ether oxygens (including phenoxy) is 1. The maximum Gasteiger partial charge on any atom is 0.335 e. The van der Waals surface area contributed by atoms with Crippen LogP contribution in [0.4, 0.5) is 0 Å². The molecule has 0 saturated heterocycles. The molecule has 0 saturated carbocycles. The number of carboxylic acids is 1. The molecule has 53 heavy (non-hydrogen) atoms. The second-order valence-corrected chi connectivity index (χ2v) is 14.4. The number of hydrogen-bond donors (Lipinski definition) is 2. The first-order valence-corrected chi connectivity index (χ1v) is 19.1. The number of carbonyl (C=O) groups is 4. The number of aliphatic imine (C=N–C) groups is 1. The van der Waals surface area contributed by atoms with Gasteiger partial charge in [0.25, 0.3) is 11.8 Å². The van der Waals surface area contributed by atoms with Gasteiger partial charge in [0.15, 0.2) is 5.17 Å². The van der Waals surface area contributed by atoms with Crippen molar-refractivity contribution in [2.24, 2.45) is 4.99 Å². The minimum Gasteiger partial charge on any atom is -0.487 e. The first-order chi connectivity index (χ1) is 25.6. The zero-order valence-corrected chi connectivity index (χ0v) is 32.9. The molecule has 5 rings (SSSR count). The van der Waals surface area contributed by atoms with Crippen molar-refractivity contribution in [3.8, 4) is 5.75 Å². The number of halogens is 2. The molecule has 0 aliphatic carbocycles. The summed E-state index contributed by atoms with van der Waals surface area (Å²) in [7, 11) is 0. The zero-order chi connectivity index (χ0) is 37.9. The summed E-state index contributed by atoms with van der Waals surface area (Å²) in [6, 6.07) is 28.7. The molecule has 0 aromatic heterocycles. The van der Waals surface area contributed by atoms with E-state index in [1.165, 1.54) is 23.1 Å². The fourth-order valence-corrected chi connectivity index (χ4v) is 7.84. The van der Waals surface area contributed by atoms with Crippen LogP contribution < -0.4 is 10.1 Å². The highest BCUT2D eigenvalue weighted by atomic mass is 127. The Morgan fingerprint density at radius 2 is 1.66 bits per heavy atom. The van der Waals surface area contributed by atoms with Crippen LogP contribution in [0, 0.1) is 3.57 Å². The van der Waals surface area contributed by atoms with E-state index >= 15 is 0 Å². The summed E-state index contributed by atoms with van der Waals surface area (Å²) in [6.45, 7) is 5.68. The second-order valence-electron chi connectivity index (χ2n) is 11.4. The van der Waals surface area contributed by atoms with Gasteiger partial charge >= 0.3 is 5.97 Å². The Balaban J connectivity index is 1.38. The van der Waals surface area contributed by atoms with Gasteiger partial charge in [-0.2, -0.15) is 4.99 Å². The normalized spacial score (nSPS) is 14.1. The number of carboxylic acid groups (broad SMARTS) is 1. The Hall–Kier alpha value is -5.05. The van der Waals surface area contributed by atoms with Crippen molar-refractivity contribution < 1.29 is 29.0 Å². The summed E-state index contributed by atoms with van der Waals surface area (Å²) in [5.74, 6) is -2.21. The molecule has 268 valence electrons. The molecular formula is C41H33BrIN3O6S. The van der Waals surface area contributed by atoms with Crippen LogP contribution in [0.5, 0.6) is 5.75 Å². The highest BCUT2D eigenvalue weighted by Gasteiger charge is 2.35. The Morgan fingerprint density at radius 3 is 2.23 bits per heavy atom. The van der Waals surface area contributed by atoms with Gasteiger partial charge in [0.2, 0.25) is 5.91 Å². The van der Waals surface area contributed by atoms with Gasteiger partial charge in [-0.1, -0.05) is 109 Å². The van der Waals surface area contributed by atoms with E-state index in [2.05, 4.69) is 55.4 Å². The Morgan fingerprint density at radius 1 is 1.02 bits per heavy atom. The van der Waals surface area contributed by atoms with Gasteiger partial charge in [-0.05, 0) is 104 Å². The van der Waals surface area contributed by atoms with Crippen molar-refractivity contribution in [1.29, 1.82) is 0 Å². The fourth-order valence-electron chi connectivity index (χ4n) is 5.26. The van der Waals surface area contributed by atoms with Gasteiger partial charge in [-0.15, -0.1) is 0 Å². The molecule has 0 atom stereocenters. The van der Waals surface area contributed by atoms with Crippen molar-refractivity contribution in [1.82, 2.24) is 10.2 Å². The smallest absolute Gasteiger partial charge is 0.335 e. The lowest BCUT2D eigenvalue weighted by atomic mass is 9.99. The van der Waals surface area contributed by atoms with E-state index in [1.807, 2.05) is 60.7 Å². The molecule has 0 spiro atoms. The Bertz CT molecular complexity index is 2090. The lowest BCUT2D eigenvalue weighted by Gasteiger charge is -2.28. The summed E-state index contributed by atoms with van der Waals surface area (Å²) in [5.41, 5.74) is 3.63. The molecule has 0 unspecified atom stereocenters. The molecule has 2 N–H and O–H groups in total. The quantitative estimate of drug-likeness (QED) is 0.0596. The highest BCUT2D eigenvalue weighted by molar-refractivity contribution is 14.1. The van der Waals surface area contributed by atoms with Gasteiger partial charge in [-0.25, -0.2) is 4.79 Å². The monoisotopic (exact) mass is 901 g/mol. The lowest BCUT2D eigenvalue weighted by Crippen LogP contribution is -2.42. The number of benzene rings is 4. The number of aromatic carboxylic acids is 1. The van der Waals surface area contributed by atoms with Gasteiger partial charge in [0, 0.05) is 5.70 Å². The van der Waals surface area contributed by atoms with Crippen molar-refractivity contribution in [2.75, 3.05) is 5.75 Å². The topological polar surface area (TPSA) is 125 Å². The summed E-state index contributed by atoms with van der Waals surface area (Å²) in [5, 5.41) is 12.3. The third-order valence-electron chi connectivity index (χ3n) is 7.83. The third kappa shape index (κ3) is 10.1. The van der Waals surface area contributed by atoms with E-state index in [1.54, 1.807) is 55.5 Å². The number of hydrogen-bond acceptors (Lipinski definition) is 6. The number of rotatable bonds is 13. The number of nitrogens with zero attached hydrogens (tertiary/aromatic N) is 2. The van der Waals surface area contributed by atoms with Gasteiger partial charge in [0.05, 0.1) is 25.4 Å². The molecule has 0 fully saturated rings. The third-order valence-corrected chi connectivity index (χ3v) is 10.2. The van der Waals surface area contributed by atoms with Crippen LogP contribution >= 0.6 is 50.3 Å². The van der Waals surface area contributed by atoms with Crippen LogP contribution in [0.1, 0.15) is 45.6 Å². The highest BCUT2D eigenvalue weighted by Crippen LogP contribution is 2.34. The molecule has 4 aromatic carbocycles. The number of amides is 3. The van der Waals surface area contributed by atoms with E-state index in [0.29, 0.717) is 25.1 Å². The number of nitrogens with one attached hydrogen (secondary N) is 1. The molecule has 0 radical (unpaired) electrons. The number of allylic oxidation sites excluding steroid dienone is 4. The number of thioether (sulfide) groups is 1. The molecule has 0 bridgehead atoms. The SMILES string of the molecule is C=C/C=C\C(=C/C)N1C(=O)/C(=C/c2cc(Br)c(OCc3ccc(C(=O)O)cc3)c(I)c2)C(=O)N=C1SCC(=O)NC(c1ccccc1)c1ccccc1. The predicted octanol–water partition coefficient (Wildman–Crippen LogP) is 8.72. The molecule has 4 aromatic rings. The minimum atomic E-state index is -1.01.